The van der Waals surface area contributed by atoms with Gasteiger partial charge in [-0.05, 0) is 74.7 Å². The Hall–Kier alpha value is -4.52. The predicted molar refractivity (Wildman–Crippen MR) is 170 cm³/mol. The molecule has 12 heteroatoms. The van der Waals surface area contributed by atoms with Crippen LogP contribution in [0.15, 0.2) is 67.5 Å². The number of imidazole rings is 1. The molecule has 1 amide bonds. The first-order chi connectivity index (χ1) is 21.6. The Balaban J connectivity index is 1.30. The lowest BCUT2D eigenvalue weighted by Gasteiger charge is -2.30. The second-order valence-electron chi connectivity index (χ2n) is 10.8. The number of nitrogens with one attached hydrogen (secondary N) is 3. The van der Waals surface area contributed by atoms with Gasteiger partial charge in [-0.15, -0.1) is 0 Å². The fourth-order valence-electron chi connectivity index (χ4n) is 5.60. The number of nitrogens with zero attached hydrogens (tertiary/aromatic N) is 5. The van der Waals surface area contributed by atoms with Gasteiger partial charge in [0.2, 0.25) is 11.9 Å². The zero-order chi connectivity index (χ0) is 30.3. The lowest BCUT2D eigenvalue weighted by molar-refractivity contribution is -0.111. The van der Waals surface area contributed by atoms with Crippen LogP contribution in [0.4, 0.5) is 23.0 Å². The van der Waals surface area contributed by atoms with Crippen molar-refractivity contribution >= 4 is 40.1 Å². The summed E-state index contributed by atoms with van der Waals surface area (Å²) in [6.45, 7) is 7.67. The van der Waals surface area contributed by atoms with Crippen LogP contribution in [0.5, 0.6) is 11.6 Å². The number of carbonyl (C=O) groups is 1. The van der Waals surface area contributed by atoms with Crippen molar-refractivity contribution in [2.75, 3.05) is 55.5 Å². The van der Waals surface area contributed by atoms with E-state index in [2.05, 4.69) is 44.5 Å². The number of ether oxygens (including phenoxy) is 3. The summed E-state index contributed by atoms with van der Waals surface area (Å²) in [4.78, 5) is 28.4. The molecule has 0 aliphatic carbocycles. The van der Waals surface area contributed by atoms with E-state index in [1.807, 2.05) is 16.7 Å². The van der Waals surface area contributed by atoms with Crippen molar-refractivity contribution in [3.05, 3.63) is 67.5 Å². The highest BCUT2D eigenvalue weighted by atomic mass is 16.5. The van der Waals surface area contributed by atoms with Crippen molar-refractivity contribution < 1.29 is 19.0 Å². The van der Waals surface area contributed by atoms with Crippen LogP contribution in [0.25, 0.3) is 11.2 Å². The van der Waals surface area contributed by atoms with Gasteiger partial charge in [-0.2, -0.15) is 9.97 Å². The molecule has 6 rings (SSSR count). The molecule has 2 atom stereocenters. The summed E-state index contributed by atoms with van der Waals surface area (Å²) in [5, 5.41) is 9.57. The average Bonchev–Trinajstić information content (AvgIpc) is 3.74. The second-order valence-corrected chi connectivity index (χ2v) is 10.8. The fourth-order valence-corrected chi connectivity index (χ4v) is 5.60. The minimum absolute atomic E-state index is 0.163. The van der Waals surface area contributed by atoms with Crippen molar-refractivity contribution in [2.24, 2.45) is 0 Å². The number of amides is 1. The van der Waals surface area contributed by atoms with Crippen molar-refractivity contribution in [3.63, 3.8) is 0 Å². The van der Waals surface area contributed by atoms with Gasteiger partial charge in [0.1, 0.15) is 12.0 Å². The van der Waals surface area contributed by atoms with Gasteiger partial charge in [-0.25, -0.2) is 4.98 Å². The Kier molecular flexibility index (Phi) is 9.30. The Morgan fingerprint density at radius 2 is 2.07 bits per heavy atom. The average molecular weight is 599 g/mol. The minimum atomic E-state index is -0.308. The topological polar surface area (TPSA) is 128 Å². The third-order valence-corrected chi connectivity index (χ3v) is 7.82. The van der Waals surface area contributed by atoms with Gasteiger partial charge in [0, 0.05) is 56.0 Å². The molecule has 2 aromatic heterocycles. The molecule has 3 N–H and O–H groups in total. The summed E-state index contributed by atoms with van der Waals surface area (Å²) < 4.78 is 19.6. The number of hydrogen-bond donors (Lipinski definition) is 3. The maximum Gasteiger partial charge on any atom is 0.252 e. The van der Waals surface area contributed by atoms with E-state index in [-0.39, 0.29) is 18.0 Å². The first-order valence-corrected chi connectivity index (χ1v) is 15.0. The molecular weight excluding hydrogens is 560 g/mol. The van der Waals surface area contributed by atoms with E-state index in [1.165, 1.54) is 6.08 Å². The standard InChI is InChI=1S/C32H38N8O4/c1-3-27(41)35-23-7-6-8-26(19-23)44-31-29-30(40(21-34-29)28-9-4-5-17-43-28)37-32(38-31)36-22-10-12-24(13-11-22)39(16-18-42-2)25-14-15-33-20-25/h3,6-8,10-13,19,21,25,28,33H,1,4-5,9,14-18,20H2,2H3,(H,35,41)(H,36,37,38)/t25-,28?/m0/s1. The van der Waals surface area contributed by atoms with Crippen LogP contribution in [0.1, 0.15) is 31.9 Å². The molecule has 2 aliphatic heterocycles. The van der Waals surface area contributed by atoms with Gasteiger partial charge in [-0.3, -0.25) is 9.36 Å². The number of hydrogen-bond acceptors (Lipinski definition) is 10. The van der Waals surface area contributed by atoms with Gasteiger partial charge < -0.3 is 35.1 Å². The predicted octanol–water partition coefficient (Wildman–Crippen LogP) is 5.00. The highest BCUT2D eigenvalue weighted by Crippen LogP contribution is 2.33. The minimum Gasteiger partial charge on any atom is -0.437 e. The molecule has 2 fully saturated rings. The van der Waals surface area contributed by atoms with Crippen LogP contribution in [0.3, 0.4) is 0 Å². The summed E-state index contributed by atoms with van der Waals surface area (Å²) >= 11 is 0. The molecule has 2 aromatic carbocycles. The SMILES string of the molecule is C=CC(=O)Nc1cccc(Oc2nc(Nc3ccc(N(CCOC)[C@H]4CCNC4)cc3)nc3c2ncn3C2CCCCO2)c1. The number of rotatable bonds is 12. The summed E-state index contributed by atoms with van der Waals surface area (Å²) in [5.41, 5.74) is 3.67. The van der Waals surface area contributed by atoms with Gasteiger partial charge >= 0.3 is 0 Å². The lowest BCUT2D eigenvalue weighted by Crippen LogP contribution is -2.39. The van der Waals surface area contributed by atoms with Crippen LogP contribution in [0.2, 0.25) is 0 Å². The van der Waals surface area contributed by atoms with E-state index >= 15 is 0 Å². The Morgan fingerprint density at radius 1 is 1.18 bits per heavy atom. The molecule has 4 heterocycles. The van der Waals surface area contributed by atoms with Crippen LogP contribution < -0.4 is 25.6 Å². The number of anilines is 4. The van der Waals surface area contributed by atoms with E-state index in [4.69, 9.17) is 24.2 Å². The van der Waals surface area contributed by atoms with Crippen LogP contribution in [0, 0.1) is 0 Å². The zero-order valence-corrected chi connectivity index (χ0v) is 24.9. The van der Waals surface area contributed by atoms with Crippen LogP contribution in [-0.4, -0.2) is 71.4 Å². The second kappa shape index (κ2) is 13.8. The van der Waals surface area contributed by atoms with Gasteiger partial charge in [0.05, 0.1) is 12.9 Å². The number of methoxy groups -OCH3 is 1. The molecular formula is C32H38N8O4. The molecule has 1 unspecified atom stereocenters. The monoisotopic (exact) mass is 598 g/mol. The summed E-state index contributed by atoms with van der Waals surface area (Å²) in [6, 6.07) is 15.8. The van der Waals surface area contributed by atoms with E-state index in [1.54, 1.807) is 37.7 Å². The van der Waals surface area contributed by atoms with Crippen molar-refractivity contribution in [2.45, 2.75) is 38.0 Å². The number of carbonyl (C=O) groups excluding carboxylic acids is 1. The van der Waals surface area contributed by atoms with Crippen LogP contribution >= 0.6 is 0 Å². The van der Waals surface area contributed by atoms with Crippen molar-refractivity contribution in [1.29, 1.82) is 0 Å². The molecule has 0 saturated carbocycles. The molecule has 0 spiro atoms. The summed E-state index contributed by atoms with van der Waals surface area (Å²) in [6.07, 6.45) is 6.86. The third kappa shape index (κ3) is 6.83. The van der Waals surface area contributed by atoms with Gasteiger partial charge in [0.25, 0.3) is 5.88 Å². The molecule has 0 radical (unpaired) electrons. The van der Waals surface area contributed by atoms with Crippen LogP contribution in [-0.2, 0) is 14.3 Å². The third-order valence-electron chi connectivity index (χ3n) is 7.82. The fraction of sp³-hybridized carbons (Fsp3) is 0.375. The number of benzene rings is 2. The molecule has 230 valence electrons. The summed E-state index contributed by atoms with van der Waals surface area (Å²) in [7, 11) is 1.73. The molecule has 2 saturated heterocycles. The van der Waals surface area contributed by atoms with Gasteiger partial charge in [-0.1, -0.05) is 12.6 Å². The van der Waals surface area contributed by atoms with Gasteiger partial charge in [0.15, 0.2) is 11.2 Å². The first kappa shape index (κ1) is 29.5. The Morgan fingerprint density at radius 3 is 2.82 bits per heavy atom. The highest BCUT2D eigenvalue weighted by Gasteiger charge is 2.24. The Bertz CT molecular complexity index is 1580. The van der Waals surface area contributed by atoms with E-state index in [9.17, 15) is 4.79 Å². The van der Waals surface area contributed by atoms with E-state index < -0.39 is 0 Å². The first-order valence-electron chi connectivity index (χ1n) is 15.0. The number of aromatic nitrogens is 4. The molecule has 4 aromatic rings. The summed E-state index contributed by atoms with van der Waals surface area (Å²) in [5.74, 6) is 0.834. The maximum atomic E-state index is 11.8. The normalized spacial score (nSPS) is 18.2. The largest absolute Gasteiger partial charge is 0.437 e. The molecule has 0 bridgehead atoms. The maximum absolute atomic E-state index is 11.8. The van der Waals surface area contributed by atoms with Crippen molar-refractivity contribution in [3.8, 4) is 11.6 Å². The molecule has 12 nitrogen and oxygen atoms in total. The smallest absolute Gasteiger partial charge is 0.252 e. The van der Waals surface area contributed by atoms with E-state index in [0.29, 0.717) is 47.8 Å². The lowest BCUT2D eigenvalue weighted by atomic mass is 10.1. The zero-order valence-electron chi connectivity index (χ0n) is 24.9. The Labute approximate surface area is 256 Å². The highest BCUT2D eigenvalue weighted by molar-refractivity contribution is 5.99. The van der Waals surface area contributed by atoms with Crippen molar-refractivity contribution in [1.82, 2.24) is 24.8 Å². The molecule has 44 heavy (non-hydrogen) atoms. The number of fused-ring (bicyclic) bond motifs is 1. The molecule has 2 aliphatic rings. The quantitative estimate of drug-likeness (QED) is 0.192. The van der Waals surface area contributed by atoms with E-state index in [0.717, 1.165) is 56.7 Å².